The van der Waals surface area contributed by atoms with Gasteiger partial charge in [0.25, 0.3) is 0 Å². The van der Waals surface area contributed by atoms with Gasteiger partial charge in [0.2, 0.25) is 0 Å². The number of amides is 2. The van der Waals surface area contributed by atoms with Crippen molar-refractivity contribution < 1.29 is 9.53 Å². The number of rotatable bonds is 7. The standard InChI is InChI=1S/C18H29N3O2S/c1-15-4-6-17(7-5-15)24-13-10-20(3)18(22)19-16(2)14-21-8-11-23-12-9-21/h4-7,16H,8-14H2,1-3H3,(H,19,22). The van der Waals surface area contributed by atoms with Crippen molar-refractivity contribution >= 4 is 17.8 Å². The first-order chi connectivity index (χ1) is 11.5. The van der Waals surface area contributed by atoms with Gasteiger partial charge in [-0.1, -0.05) is 17.7 Å². The summed E-state index contributed by atoms with van der Waals surface area (Å²) in [4.78, 5) is 17.6. The molecule has 0 radical (unpaired) electrons. The van der Waals surface area contributed by atoms with Crippen molar-refractivity contribution in [3.8, 4) is 0 Å². The predicted octanol–water partition coefficient (Wildman–Crippen LogP) is 2.45. The zero-order valence-electron chi connectivity index (χ0n) is 15.0. The van der Waals surface area contributed by atoms with Crippen LogP contribution in [0.15, 0.2) is 29.2 Å². The Balaban J connectivity index is 1.64. The summed E-state index contributed by atoms with van der Waals surface area (Å²) in [5.74, 6) is 0.894. The second-order valence-corrected chi connectivity index (χ2v) is 7.51. The summed E-state index contributed by atoms with van der Waals surface area (Å²) in [6, 6.07) is 8.63. The number of hydrogen-bond acceptors (Lipinski definition) is 4. The Labute approximate surface area is 149 Å². The van der Waals surface area contributed by atoms with Crippen molar-refractivity contribution in [3.05, 3.63) is 29.8 Å². The first-order valence-corrected chi connectivity index (χ1v) is 9.54. The summed E-state index contributed by atoms with van der Waals surface area (Å²) in [5.41, 5.74) is 1.27. The minimum absolute atomic E-state index is 0.000246. The molecule has 5 nitrogen and oxygen atoms in total. The number of hydrogen-bond donors (Lipinski definition) is 1. The van der Waals surface area contributed by atoms with Crippen molar-refractivity contribution in [1.29, 1.82) is 0 Å². The maximum absolute atomic E-state index is 12.2. The SMILES string of the molecule is Cc1ccc(SCCN(C)C(=O)NC(C)CN2CCOCC2)cc1. The van der Waals surface area contributed by atoms with Crippen molar-refractivity contribution in [1.82, 2.24) is 15.1 Å². The number of urea groups is 1. The number of thioether (sulfide) groups is 1. The first kappa shape index (κ1) is 19.1. The number of ether oxygens (including phenoxy) is 1. The zero-order chi connectivity index (χ0) is 17.4. The van der Waals surface area contributed by atoms with Gasteiger partial charge in [0.1, 0.15) is 0 Å². The molecule has 0 bridgehead atoms. The molecule has 1 aliphatic rings. The average molecular weight is 352 g/mol. The lowest BCUT2D eigenvalue weighted by Crippen LogP contribution is -2.49. The second-order valence-electron chi connectivity index (χ2n) is 6.35. The van der Waals surface area contributed by atoms with E-state index in [4.69, 9.17) is 4.74 Å². The fourth-order valence-corrected chi connectivity index (χ4v) is 3.50. The molecule has 0 aliphatic carbocycles. The Morgan fingerprint density at radius 1 is 1.33 bits per heavy atom. The summed E-state index contributed by atoms with van der Waals surface area (Å²) >= 11 is 1.78. The van der Waals surface area contributed by atoms with Crippen molar-refractivity contribution in [2.24, 2.45) is 0 Å². The van der Waals surface area contributed by atoms with Gasteiger partial charge in [-0.25, -0.2) is 4.79 Å². The van der Waals surface area contributed by atoms with Crippen LogP contribution in [0.5, 0.6) is 0 Å². The van der Waals surface area contributed by atoms with E-state index in [-0.39, 0.29) is 12.1 Å². The molecule has 1 aromatic carbocycles. The van der Waals surface area contributed by atoms with Gasteiger partial charge in [-0.05, 0) is 26.0 Å². The lowest BCUT2D eigenvalue weighted by molar-refractivity contribution is 0.0347. The van der Waals surface area contributed by atoms with E-state index in [0.717, 1.165) is 45.1 Å². The van der Waals surface area contributed by atoms with Crippen LogP contribution < -0.4 is 5.32 Å². The van der Waals surface area contributed by atoms with Crippen molar-refractivity contribution in [2.45, 2.75) is 24.8 Å². The number of carbonyl (C=O) groups excluding carboxylic acids is 1. The third-order valence-corrected chi connectivity index (χ3v) is 5.06. The van der Waals surface area contributed by atoms with Gasteiger partial charge in [0, 0.05) is 49.9 Å². The molecule has 0 spiro atoms. The first-order valence-electron chi connectivity index (χ1n) is 8.56. The Kier molecular flexibility index (Phi) is 7.88. The van der Waals surface area contributed by atoms with Gasteiger partial charge in [0.15, 0.2) is 0 Å². The molecule has 6 heteroatoms. The Morgan fingerprint density at radius 2 is 2.00 bits per heavy atom. The van der Waals surface area contributed by atoms with E-state index in [1.165, 1.54) is 10.5 Å². The van der Waals surface area contributed by atoms with Crippen LogP contribution in [-0.2, 0) is 4.74 Å². The Hall–Kier alpha value is -1.24. The monoisotopic (exact) mass is 351 g/mol. The molecule has 134 valence electrons. The van der Waals surface area contributed by atoms with E-state index in [0.29, 0.717) is 0 Å². The van der Waals surface area contributed by atoms with Gasteiger partial charge in [0.05, 0.1) is 13.2 Å². The molecule has 1 saturated heterocycles. The molecule has 1 unspecified atom stereocenters. The number of aryl methyl sites for hydroxylation is 1. The largest absolute Gasteiger partial charge is 0.379 e. The van der Waals surface area contributed by atoms with Gasteiger partial charge in [-0.3, -0.25) is 4.90 Å². The van der Waals surface area contributed by atoms with Crippen molar-refractivity contribution in [3.63, 3.8) is 0 Å². The predicted molar refractivity (Wildman–Crippen MR) is 99.8 cm³/mol. The van der Waals surface area contributed by atoms with Crippen LogP contribution in [0.2, 0.25) is 0 Å². The highest BCUT2D eigenvalue weighted by Crippen LogP contribution is 2.18. The fourth-order valence-electron chi connectivity index (χ4n) is 2.57. The molecule has 1 N–H and O–H groups in total. The molecular weight excluding hydrogens is 322 g/mol. The Morgan fingerprint density at radius 3 is 2.67 bits per heavy atom. The minimum Gasteiger partial charge on any atom is -0.379 e. The number of morpholine rings is 1. The van der Waals surface area contributed by atoms with Gasteiger partial charge in [-0.15, -0.1) is 11.8 Å². The number of nitrogens with one attached hydrogen (secondary N) is 1. The molecule has 0 saturated carbocycles. The van der Waals surface area contributed by atoms with E-state index in [1.807, 2.05) is 7.05 Å². The maximum atomic E-state index is 12.2. The van der Waals surface area contributed by atoms with Crippen LogP contribution in [0.25, 0.3) is 0 Å². The normalized spacial score (nSPS) is 16.6. The third kappa shape index (κ3) is 6.71. The average Bonchev–Trinajstić information content (AvgIpc) is 2.57. The van der Waals surface area contributed by atoms with E-state index >= 15 is 0 Å². The Bertz CT molecular complexity index is 503. The summed E-state index contributed by atoms with van der Waals surface area (Å²) < 4.78 is 5.35. The molecule has 0 aromatic heterocycles. The summed E-state index contributed by atoms with van der Waals surface area (Å²) in [5, 5.41) is 3.08. The zero-order valence-corrected chi connectivity index (χ0v) is 15.8. The molecule has 2 amide bonds. The van der Waals surface area contributed by atoms with Crippen LogP contribution in [0.3, 0.4) is 0 Å². The molecule has 2 rings (SSSR count). The van der Waals surface area contributed by atoms with Crippen LogP contribution in [-0.4, -0.2) is 74.1 Å². The van der Waals surface area contributed by atoms with Crippen LogP contribution >= 0.6 is 11.8 Å². The summed E-state index contributed by atoms with van der Waals surface area (Å²) in [7, 11) is 1.85. The molecule has 1 aliphatic heterocycles. The summed E-state index contributed by atoms with van der Waals surface area (Å²) in [6.07, 6.45) is 0. The van der Waals surface area contributed by atoms with E-state index in [9.17, 15) is 4.79 Å². The highest BCUT2D eigenvalue weighted by Gasteiger charge is 2.16. The highest BCUT2D eigenvalue weighted by molar-refractivity contribution is 7.99. The van der Waals surface area contributed by atoms with Crippen LogP contribution in [0.1, 0.15) is 12.5 Å². The molecular formula is C18H29N3O2S. The van der Waals surface area contributed by atoms with E-state index < -0.39 is 0 Å². The summed E-state index contributed by atoms with van der Waals surface area (Å²) in [6.45, 7) is 9.22. The molecule has 1 fully saturated rings. The second kappa shape index (κ2) is 9.91. The fraction of sp³-hybridized carbons (Fsp3) is 0.611. The van der Waals surface area contributed by atoms with E-state index in [1.54, 1.807) is 16.7 Å². The van der Waals surface area contributed by atoms with Gasteiger partial charge >= 0.3 is 6.03 Å². The minimum atomic E-state index is 0.000246. The molecule has 24 heavy (non-hydrogen) atoms. The number of carbonyl (C=O) groups is 1. The number of nitrogens with zero attached hydrogens (tertiary/aromatic N) is 2. The van der Waals surface area contributed by atoms with Gasteiger partial charge < -0.3 is 15.0 Å². The highest BCUT2D eigenvalue weighted by atomic mass is 32.2. The smallest absolute Gasteiger partial charge is 0.317 e. The van der Waals surface area contributed by atoms with Crippen molar-refractivity contribution in [2.75, 3.05) is 52.2 Å². The third-order valence-electron chi connectivity index (χ3n) is 4.07. The van der Waals surface area contributed by atoms with E-state index in [2.05, 4.69) is 48.3 Å². The van der Waals surface area contributed by atoms with Crippen LogP contribution in [0, 0.1) is 6.92 Å². The van der Waals surface area contributed by atoms with Crippen LogP contribution in [0.4, 0.5) is 4.79 Å². The topological polar surface area (TPSA) is 44.8 Å². The van der Waals surface area contributed by atoms with Gasteiger partial charge in [-0.2, -0.15) is 0 Å². The number of benzene rings is 1. The molecule has 1 aromatic rings. The quantitative estimate of drug-likeness (QED) is 0.767. The molecule has 1 atom stereocenters. The lowest BCUT2D eigenvalue weighted by atomic mass is 10.2. The lowest BCUT2D eigenvalue weighted by Gasteiger charge is -2.30. The maximum Gasteiger partial charge on any atom is 0.317 e. The molecule has 1 heterocycles.